The molecule has 142 valence electrons. The second-order valence-electron chi connectivity index (χ2n) is 6.31. The van der Waals surface area contributed by atoms with Crippen LogP contribution in [0.2, 0.25) is 5.02 Å². The normalized spacial score (nSPS) is 14.7. The molecule has 1 aliphatic rings. The number of piperidine rings is 1. The van der Waals surface area contributed by atoms with E-state index >= 15 is 0 Å². The molecule has 2 aromatic rings. The molecule has 2 N–H and O–H groups in total. The molecule has 2 heterocycles. The van der Waals surface area contributed by atoms with Gasteiger partial charge in [0.25, 0.3) is 11.8 Å². The number of anilines is 1. The number of carbonyl (C=O) groups excluding carboxylic acids is 3. The maximum Gasteiger partial charge on any atom is 0.265 e. The van der Waals surface area contributed by atoms with Gasteiger partial charge in [0.2, 0.25) is 5.91 Å². The Morgan fingerprint density at radius 3 is 2.56 bits per heavy atom. The Bertz CT molecular complexity index is 846. The lowest BCUT2D eigenvalue weighted by Crippen LogP contribution is -2.42. The molecule has 0 atom stereocenters. The van der Waals surface area contributed by atoms with Crippen LogP contribution in [0.25, 0.3) is 0 Å². The highest BCUT2D eigenvalue weighted by atomic mass is 35.5. The number of nitrogens with one attached hydrogen (secondary N) is 2. The van der Waals surface area contributed by atoms with Crippen molar-refractivity contribution in [2.45, 2.75) is 12.8 Å². The van der Waals surface area contributed by atoms with Crippen LogP contribution in [-0.2, 0) is 4.79 Å². The van der Waals surface area contributed by atoms with Gasteiger partial charge in [-0.1, -0.05) is 17.7 Å². The first kappa shape index (κ1) is 19.4. The third-order valence-electron chi connectivity index (χ3n) is 4.61. The van der Waals surface area contributed by atoms with Gasteiger partial charge in [0.15, 0.2) is 0 Å². The van der Waals surface area contributed by atoms with Crippen LogP contribution in [0.5, 0.6) is 0 Å². The van der Waals surface area contributed by atoms with Crippen molar-refractivity contribution in [1.82, 2.24) is 10.2 Å². The van der Waals surface area contributed by atoms with Crippen LogP contribution in [0.3, 0.4) is 0 Å². The molecular weight excluding hydrogens is 386 g/mol. The fourth-order valence-corrected chi connectivity index (χ4v) is 3.86. The molecule has 0 unspecified atom stereocenters. The second kappa shape index (κ2) is 8.54. The van der Waals surface area contributed by atoms with Crippen molar-refractivity contribution in [3.8, 4) is 0 Å². The van der Waals surface area contributed by atoms with Gasteiger partial charge in [-0.25, -0.2) is 0 Å². The predicted molar refractivity (Wildman–Crippen MR) is 106 cm³/mol. The number of carbonyl (C=O) groups is 3. The van der Waals surface area contributed by atoms with Crippen molar-refractivity contribution in [1.29, 1.82) is 0 Å². The summed E-state index contributed by atoms with van der Waals surface area (Å²) in [5.41, 5.74) is 0.862. The van der Waals surface area contributed by atoms with Gasteiger partial charge in [-0.2, -0.15) is 0 Å². The van der Waals surface area contributed by atoms with E-state index in [-0.39, 0.29) is 23.6 Å². The van der Waals surface area contributed by atoms with E-state index in [1.54, 1.807) is 42.3 Å². The van der Waals surface area contributed by atoms with Crippen LogP contribution >= 0.6 is 22.9 Å². The summed E-state index contributed by atoms with van der Waals surface area (Å²) in [6.45, 7) is 1.05. The van der Waals surface area contributed by atoms with Crippen LogP contribution in [0, 0.1) is 5.92 Å². The molecule has 0 bridgehead atoms. The number of amides is 3. The molecule has 1 aromatic carbocycles. The van der Waals surface area contributed by atoms with Crippen LogP contribution < -0.4 is 10.6 Å². The number of hydrogen-bond donors (Lipinski definition) is 2. The highest BCUT2D eigenvalue weighted by Crippen LogP contribution is 2.26. The van der Waals surface area contributed by atoms with Gasteiger partial charge < -0.3 is 15.5 Å². The summed E-state index contributed by atoms with van der Waals surface area (Å²) in [5, 5.41) is 7.60. The van der Waals surface area contributed by atoms with Gasteiger partial charge in [0.05, 0.1) is 15.6 Å². The SMILES string of the molecule is CNC(=O)C1CCN(C(=O)c2ccc(Cl)c(NC(=O)c3cccs3)c2)CC1. The molecule has 0 saturated carbocycles. The van der Waals surface area contributed by atoms with E-state index in [1.165, 1.54) is 11.3 Å². The molecule has 0 aliphatic carbocycles. The van der Waals surface area contributed by atoms with Crippen molar-refractivity contribution >= 4 is 46.3 Å². The van der Waals surface area contributed by atoms with E-state index in [0.717, 1.165) is 0 Å². The quantitative estimate of drug-likeness (QED) is 0.819. The van der Waals surface area contributed by atoms with Crippen molar-refractivity contribution in [2.24, 2.45) is 5.92 Å². The number of hydrogen-bond acceptors (Lipinski definition) is 4. The fourth-order valence-electron chi connectivity index (χ4n) is 3.08. The topological polar surface area (TPSA) is 78.5 Å². The van der Waals surface area contributed by atoms with Gasteiger partial charge in [-0.3, -0.25) is 14.4 Å². The monoisotopic (exact) mass is 405 g/mol. The van der Waals surface area contributed by atoms with Gasteiger partial charge in [-0.15, -0.1) is 11.3 Å². The van der Waals surface area contributed by atoms with Crippen molar-refractivity contribution in [3.05, 3.63) is 51.2 Å². The maximum absolute atomic E-state index is 12.8. The van der Waals surface area contributed by atoms with Gasteiger partial charge in [-0.05, 0) is 42.5 Å². The molecule has 0 spiro atoms. The zero-order chi connectivity index (χ0) is 19.4. The molecule has 1 fully saturated rings. The molecule has 1 saturated heterocycles. The summed E-state index contributed by atoms with van der Waals surface area (Å²) in [5.74, 6) is -0.423. The van der Waals surface area contributed by atoms with Gasteiger partial charge in [0, 0.05) is 31.6 Å². The Kier molecular flexibility index (Phi) is 6.13. The standard InChI is InChI=1S/C19H20ClN3O3S/c1-21-17(24)12-6-8-23(9-7-12)19(26)13-4-5-14(20)15(11-13)22-18(25)16-3-2-10-27-16/h2-5,10-12H,6-9H2,1H3,(H,21,24)(H,22,25). The number of halogens is 1. The Balaban J connectivity index is 1.69. The lowest BCUT2D eigenvalue weighted by molar-refractivity contribution is -0.125. The first-order valence-corrected chi connectivity index (χ1v) is 9.90. The van der Waals surface area contributed by atoms with Crippen LogP contribution in [0.4, 0.5) is 5.69 Å². The number of likely N-dealkylation sites (tertiary alicyclic amines) is 1. The highest BCUT2D eigenvalue weighted by molar-refractivity contribution is 7.12. The molecule has 1 aliphatic heterocycles. The zero-order valence-corrected chi connectivity index (χ0v) is 16.4. The smallest absolute Gasteiger partial charge is 0.265 e. The van der Waals surface area contributed by atoms with Gasteiger partial charge in [0.1, 0.15) is 0 Å². The summed E-state index contributed by atoms with van der Waals surface area (Å²) >= 11 is 7.51. The summed E-state index contributed by atoms with van der Waals surface area (Å²) in [7, 11) is 1.62. The number of thiophene rings is 1. The van der Waals surface area contributed by atoms with Crippen LogP contribution in [-0.4, -0.2) is 42.8 Å². The third-order valence-corrected chi connectivity index (χ3v) is 5.80. The van der Waals surface area contributed by atoms with E-state index in [9.17, 15) is 14.4 Å². The Labute approximate surface area is 166 Å². The second-order valence-corrected chi connectivity index (χ2v) is 7.66. The van der Waals surface area contributed by atoms with Crippen LogP contribution in [0.1, 0.15) is 32.9 Å². The third kappa shape index (κ3) is 4.48. The van der Waals surface area contributed by atoms with Crippen molar-refractivity contribution in [3.63, 3.8) is 0 Å². The average Bonchev–Trinajstić information content (AvgIpc) is 3.23. The molecular formula is C19H20ClN3O3S. The summed E-state index contributed by atoms with van der Waals surface area (Å²) in [6.07, 6.45) is 1.28. The van der Waals surface area contributed by atoms with E-state index in [0.29, 0.717) is 47.1 Å². The predicted octanol–water partition coefficient (Wildman–Crippen LogP) is 3.25. The minimum absolute atomic E-state index is 0.0205. The molecule has 27 heavy (non-hydrogen) atoms. The van der Waals surface area contributed by atoms with Crippen molar-refractivity contribution in [2.75, 3.05) is 25.5 Å². The molecule has 6 nitrogen and oxygen atoms in total. The molecule has 3 amide bonds. The minimum atomic E-state index is -0.261. The Morgan fingerprint density at radius 2 is 1.93 bits per heavy atom. The Hall–Kier alpha value is -2.38. The van der Waals surface area contributed by atoms with E-state index < -0.39 is 0 Å². The van der Waals surface area contributed by atoms with E-state index in [1.807, 2.05) is 5.38 Å². The number of benzene rings is 1. The number of nitrogens with zero attached hydrogens (tertiary/aromatic N) is 1. The first-order valence-electron chi connectivity index (χ1n) is 8.65. The molecule has 0 radical (unpaired) electrons. The van der Waals surface area contributed by atoms with E-state index in [4.69, 9.17) is 11.6 Å². The van der Waals surface area contributed by atoms with Crippen LogP contribution in [0.15, 0.2) is 35.7 Å². The fraction of sp³-hybridized carbons (Fsp3) is 0.316. The average molecular weight is 406 g/mol. The van der Waals surface area contributed by atoms with Gasteiger partial charge >= 0.3 is 0 Å². The van der Waals surface area contributed by atoms with E-state index in [2.05, 4.69) is 10.6 Å². The Morgan fingerprint density at radius 1 is 1.19 bits per heavy atom. The first-order chi connectivity index (χ1) is 13.0. The molecule has 8 heteroatoms. The minimum Gasteiger partial charge on any atom is -0.359 e. The number of rotatable bonds is 4. The molecule has 1 aromatic heterocycles. The zero-order valence-electron chi connectivity index (χ0n) is 14.8. The lowest BCUT2D eigenvalue weighted by Gasteiger charge is -2.31. The summed E-state index contributed by atoms with van der Waals surface area (Å²) in [4.78, 5) is 39.1. The lowest BCUT2D eigenvalue weighted by atomic mass is 9.95. The highest BCUT2D eigenvalue weighted by Gasteiger charge is 2.27. The van der Waals surface area contributed by atoms with Crippen molar-refractivity contribution < 1.29 is 14.4 Å². The summed E-state index contributed by atoms with van der Waals surface area (Å²) in [6, 6.07) is 8.37. The summed E-state index contributed by atoms with van der Waals surface area (Å²) < 4.78 is 0. The largest absolute Gasteiger partial charge is 0.359 e. The molecule has 3 rings (SSSR count). The maximum atomic E-state index is 12.8.